The first-order valence-electron chi connectivity index (χ1n) is 9.63. The van der Waals surface area contributed by atoms with Gasteiger partial charge in [-0.3, -0.25) is 9.59 Å². The summed E-state index contributed by atoms with van der Waals surface area (Å²) in [6.07, 6.45) is 2.77. The maximum Gasteiger partial charge on any atom is 0.224 e. The molecular weight excluding hydrogens is 346 g/mol. The summed E-state index contributed by atoms with van der Waals surface area (Å²) in [6.45, 7) is 3.84. The first-order valence-corrected chi connectivity index (χ1v) is 10.8. The molecule has 26 heavy (non-hydrogen) atoms. The number of nitrogens with zero attached hydrogens (tertiary/aromatic N) is 2. The Morgan fingerprint density at radius 2 is 1.77 bits per heavy atom. The van der Waals surface area contributed by atoms with Crippen LogP contribution >= 0.6 is 11.8 Å². The van der Waals surface area contributed by atoms with Gasteiger partial charge in [0.05, 0.1) is 0 Å². The molecule has 2 aliphatic heterocycles. The minimum absolute atomic E-state index is 0.202. The second-order valence-corrected chi connectivity index (χ2v) is 8.18. The van der Waals surface area contributed by atoms with Gasteiger partial charge in [0.15, 0.2) is 0 Å². The molecule has 5 nitrogen and oxygen atoms in total. The zero-order valence-electron chi connectivity index (χ0n) is 15.4. The lowest BCUT2D eigenvalue weighted by Crippen LogP contribution is -2.43. The molecule has 2 heterocycles. The molecule has 1 atom stereocenters. The van der Waals surface area contributed by atoms with E-state index in [2.05, 4.69) is 17.4 Å². The van der Waals surface area contributed by atoms with E-state index in [0.717, 1.165) is 44.0 Å². The van der Waals surface area contributed by atoms with E-state index in [1.807, 2.05) is 39.8 Å². The molecule has 0 radical (unpaired) electrons. The van der Waals surface area contributed by atoms with E-state index >= 15 is 0 Å². The number of aryl methyl sites for hydroxylation is 1. The van der Waals surface area contributed by atoms with Gasteiger partial charge in [-0.1, -0.05) is 30.3 Å². The van der Waals surface area contributed by atoms with Gasteiger partial charge in [-0.2, -0.15) is 11.8 Å². The van der Waals surface area contributed by atoms with Gasteiger partial charge in [-0.05, 0) is 18.4 Å². The maximum atomic E-state index is 12.6. The normalized spacial score (nSPS) is 21.3. The van der Waals surface area contributed by atoms with Crippen LogP contribution in [0.3, 0.4) is 0 Å². The van der Waals surface area contributed by atoms with Crippen molar-refractivity contribution in [3.63, 3.8) is 0 Å². The average molecular weight is 376 g/mol. The Morgan fingerprint density at radius 1 is 1.04 bits per heavy atom. The molecule has 1 unspecified atom stereocenters. The van der Waals surface area contributed by atoms with Gasteiger partial charge in [0.2, 0.25) is 11.8 Å². The Bertz CT molecular complexity index is 590. The standard InChI is InChI=1S/C20H29N3O2S/c24-19(8-7-17-5-2-1-3-6-17)22-10-4-11-23(13-12-22)20(25)15-18-16-26-14-9-21-18/h1-3,5-6,18,21H,4,7-16H2. The molecular formula is C20H29N3O2S. The number of carbonyl (C=O) groups is 2. The van der Waals surface area contributed by atoms with Crippen LogP contribution in [-0.4, -0.2) is 71.9 Å². The Kier molecular flexibility index (Phi) is 7.38. The molecule has 2 fully saturated rings. The van der Waals surface area contributed by atoms with Crippen LogP contribution in [0.2, 0.25) is 0 Å². The highest BCUT2D eigenvalue weighted by Gasteiger charge is 2.24. The first kappa shape index (κ1) is 19.2. The number of hydrogen-bond donors (Lipinski definition) is 1. The molecule has 1 aromatic rings. The lowest BCUT2D eigenvalue weighted by Gasteiger charge is -2.27. The molecule has 0 spiro atoms. The number of nitrogens with one attached hydrogen (secondary N) is 1. The molecule has 2 aliphatic rings. The molecule has 0 aliphatic carbocycles. The molecule has 0 bridgehead atoms. The van der Waals surface area contributed by atoms with Crippen molar-refractivity contribution in [2.45, 2.75) is 31.7 Å². The fourth-order valence-corrected chi connectivity index (χ4v) is 4.51. The molecule has 3 rings (SSSR count). The van der Waals surface area contributed by atoms with E-state index in [9.17, 15) is 9.59 Å². The number of carbonyl (C=O) groups excluding carboxylic acids is 2. The van der Waals surface area contributed by atoms with Crippen LogP contribution in [0.25, 0.3) is 0 Å². The zero-order valence-corrected chi connectivity index (χ0v) is 16.2. The van der Waals surface area contributed by atoms with Gasteiger partial charge in [-0.25, -0.2) is 0 Å². The van der Waals surface area contributed by atoms with Gasteiger partial charge in [-0.15, -0.1) is 0 Å². The van der Waals surface area contributed by atoms with Crippen LogP contribution in [0.1, 0.15) is 24.8 Å². The summed E-state index contributed by atoms with van der Waals surface area (Å²) in [4.78, 5) is 29.0. The van der Waals surface area contributed by atoms with Crippen LogP contribution < -0.4 is 5.32 Å². The van der Waals surface area contributed by atoms with Crippen molar-refractivity contribution in [1.82, 2.24) is 15.1 Å². The third kappa shape index (κ3) is 5.74. The maximum absolute atomic E-state index is 12.6. The van der Waals surface area contributed by atoms with Crippen LogP contribution in [0.4, 0.5) is 0 Å². The van der Waals surface area contributed by atoms with E-state index in [1.54, 1.807) is 0 Å². The van der Waals surface area contributed by atoms with E-state index in [1.165, 1.54) is 5.56 Å². The predicted molar refractivity (Wildman–Crippen MR) is 106 cm³/mol. The summed E-state index contributed by atoms with van der Waals surface area (Å²) < 4.78 is 0. The highest BCUT2D eigenvalue weighted by Crippen LogP contribution is 2.13. The average Bonchev–Trinajstić information content (AvgIpc) is 2.94. The number of rotatable bonds is 5. The molecule has 2 amide bonds. The summed E-state index contributed by atoms with van der Waals surface area (Å²) in [5, 5.41) is 3.43. The van der Waals surface area contributed by atoms with E-state index in [-0.39, 0.29) is 11.8 Å². The van der Waals surface area contributed by atoms with Crippen molar-refractivity contribution in [3.05, 3.63) is 35.9 Å². The van der Waals surface area contributed by atoms with Crippen LogP contribution in [-0.2, 0) is 16.0 Å². The zero-order chi connectivity index (χ0) is 18.2. The van der Waals surface area contributed by atoms with Gasteiger partial charge in [0, 0.05) is 63.1 Å². The number of amides is 2. The van der Waals surface area contributed by atoms with Gasteiger partial charge < -0.3 is 15.1 Å². The number of hydrogen-bond acceptors (Lipinski definition) is 4. The van der Waals surface area contributed by atoms with Crippen molar-refractivity contribution in [3.8, 4) is 0 Å². The molecule has 1 N–H and O–H groups in total. The van der Waals surface area contributed by atoms with Crippen LogP contribution in [0, 0.1) is 0 Å². The highest BCUT2D eigenvalue weighted by molar-refractivity contribution is 7.99. The Labute approximate surface area is 160 Å². The quantitative estimate of drug-likeness (QED) is 0.852. The Morgan fingerprint density at radius 3 is 2.46 bits per heavy atom. The second-order valence-electron chi connectivity index (χ2n) is 7.03. The van der Waals surface area contributed by atoms with Crippen molar-refractivity contribution in [1.29, 1.82) is 0 Å². The minimum atomic E-state index is 0.202. The van der Waals surface area contributed by atoms with E-state index < -0.39 is 0 Å². The minimum Gasteiger partial charge on any atom is -0.341 e. The Hall–Kier alpha value is -1.53. The summed E-state index contributed by atoms with van der Waals surface area (Å²) >= 11 is 1.92. The van der Waals surface area contributed by atoms with Crippen molar-refractivity contribution < 1.29 is 9.59 Å². The fraction of sp³-hybridized carbons (Fsp3) is 0.600. The largest absolute Gasteiger partial charge is 0.341 e. The molecule has 2 saturated heterocycles. The molecule has 6 heteroatoms. The molecule has 1 aromatic carbocycles. The third-order valence-corrected chi connectivity index (χ3v) is 6.22. The van der Waals surface area contributed by atoms with Crippen LogP contribution in [0.15, 0.2) is 30.3 Å². The predicted octanol–water partition coefficient (Wildman–Crippen LogP) is 1.78. The smallest absolute Gasteiger partial charge is 0.224 e. The molecule has 0 aromatic heterocycles. The van der Waals surface area contributed by atoms with Crippen molar-refractivity contribution in [2.24, 2.45) is 0 Å². The van der Waals surface area contributed by atoms with Crippen molar-refractivity contribution >= 4 is 23.6 Å². The monoisotopic (exact) mass is 375 g/mol. The lowest BCUT2D eigenvalue weighted by atomic mass is 10.1. The first-order chi connectivity index (χ1) is 12.7. The summed E-state index contributed by atoms with van der Waals surface area (Å²) in [7, 11) is 0. The number of thioether (sulfide) groups is 1. The topological polar surface area (TPSA) is 52.7 Å². The van der Waals surface area contributed by atoms with Gasteiger partial charge in [0.25, 0.3) is 0 Å². The summed E-state index contributed by atoms with van der Waals surface area (Å²) in [5.41, 5.74) is 1.20. The third-order valence-electron chi connectivity index (χ3n) is 5.09. The SMILES string of the molecule is O=C(CCc1ccccc1)N1CCCN(C(=O)CC2CSCCN2)CC1. The summed E-state index contributed by atoms with van der Waals surface area (Å²) in [6, 6.07) is 10.4. The van der Waals surface area contributed by atoms with E-state index in [4.69, 9.17) is 0 Å². The molecule has 142 valence electrons. The van der Waals surface area contributed by atoms with E-state index in [0.29, 0.717) is 32.0 Å². The van der Waals surface area contributed by atoms with Crippen LogP contribution in [0.5, 0.6) is 0 Å². The number of benzene rings is 1. The van der Waals surface area contributed by atoms with Crippen molar-refractivity contribution in [2.75, 3.05) is 44.2 Å². The fourth-order valence-electron chi connectivity index (χ4n) is 3.56. The second kappa shape index (κ2) is 9.97. The van der Waals surface area contributed by atoms with Gasteiger partial charge in [0.1, 0.15) is 0 Å². The highest BCUT2D eigenvalue weighted by atomic mass is 32.2. The Balaban J connectivity index is 1.43. The summed E-state index contributed by atoms with van der Waals surface area (Å²) in [5.74, 6) is 2.58. The lowest BCUT2D eigenvalue weighted by molar-refractivity contribution is -0.133. The van der Waals surface area contributed by atoms with Gasteiger partial charge >= 0.3 is 0 Å². The molecule has 0 saturated carbocycles.